The second-order valence-electron chi connectivity index (χ2n) is 2.53. The van der Waals surface area contributed by atoms with E-state index < -0.39 is 4.53 Å². The first-order valence-corrected chi connectivity index (χ1v) is 6.39. The first kappa shape index (κ1) is 9.82. The summed E-state index contributed by atoms with van der Waals surface area (Å²) in [6.45, 7) is 0. The molecule has 68 valence electrons. The van der Waals surface area contributed by atoms with Crippen molar-refractivity contribution in [2.75, 3.05) is 0 Å². The van der Waals surface area contributed by atoms with Crippen molar-refractivity contribution >= 4 is 64.9 Å². The van der Waals surface area contributed by atoms with Crippen LogP contribution in [0.1, 0.15) is 0 Å². The third-order valence-electron chi connectivity index (χ3n) is 1.61. The van der Waals surface area contributed by atoms with E-state index in [0.717, 1.165) is 11.0 Å². The van der Waals surface area contributed by atoms with Gasteiger partial charge >= 0.3 is 96.6 Å². The fourth-order valence-corrected chi connectivity index (χ4v) is 3.37. The van der Waals surface area contributed by atoms with Crippen molar-refractivity contribution in [3.05, 3.63) is 24.3 Å². The predicted octanol–water partition coefficient (Wildman–Crippen LogP) is 1.58. The molecule has 2 rings (SSSR count). The first-order valence-electron chi connectivity index (χ1n) is 3.55. The van der Waals surface area contributed by atoms with Gasteiger partial charge in [0.25, 0.3) is 0 Å². The van der Waals surface area contributed by atoms with E-state index in [0.29, 0.717) is 0 Å². The summed E-state index contributed by atoms with van der Waals surface area (Å²) in [6.07, 6.45) is 0. The number of hydrogen-bond acceptors (Lipinski definition) is 1. The second kappa shape index (κ2) is 3.45. The topological polar surface area (TPSA) is 16.8 Å². The predicted molar refractivity (Wildman–Crippen MR) is 57.6 cm³/mol. The Bertz CT molecular complexity index is 439. The molecule has 1 heterocycles. The van der Waals surface area contributed by atoms with Gasteiger partial charge in [0.2, 0.25) is 0 Å². The monoisotopic (exact) mass is 300 g/mol. The first-order chi connectivity index (χ1) is 6.09. The van der Waals surface area contributed by atoms with Crippen LogP contribution in [0.15, 0.2) is 24.3 Å². The summed E-state index contributed by atoms with van der Waals surface area (Å²) in [5, 5.41) is 0. The minimum absolute atomic E-state index is 0.130. The van der Waals surface area contributed by atoms with Crippen LogP contribution in [0.3, 0.4) is 0 Å². The van der Waals surface area contributed by atoms with E-state index in [1.54, 1.807) is 3.47 Å². The Labute approximate surface area is 96.3 Å². The SMILES string of the molecule is Cl[B-](Cl)(Cl)[n+]1[se]nc2ccccc21. The van der Waals surface area contributed by atoms with Gasteiger partial charge in [0.1, 0.15) is 0 Å². The number of halogens is 3. The zero-order valence-electron chi connectivity index (χ0n) is 6.32. The summed E-state index contributed by atoms with van der Waals surface area (Å²) < 4.78 is 4.02. The molecule has 0 saturated heterocycles. The summed E-state index contributed by atoms with van der Waals surface area (Å²) in [4.78, 5) is 0. The van der Waals surface area contributed by atoms with Gasteiger partial charge in [0.05, 0.1) is 0 Å². The molecule has 0 atom stereocenters. The van der Waals surface area contributed by atoms with E-state index in [2.05, 4.69) is 3.98 Å². The summed E-state index contributed by atoms with van der Waals surface area (Å²) in [5.41, 5.74) is 1.83. The van der Waals surface area contributed by atoms with Crippen LogP contribution in [-0.2, 0) is 0 Å². The van der Waals surface area contributed by atoms with Crippen LogP contribution in [0.5, 0.6) is 0 Å². The van der Waals surface area contributed by atoms with Crippen LogP contribution >= 0.6 is 34.4 Å². The molecule has 1 aromatic heterocycles. The van der Waals surface area contributed by atoms with Crippen molar-refractivity contribution in [1.82, 2.24) is 3.98 Å². The van der Waals surface area contributed by atoms with Crippen LogP contribution in [-0.4, -0.2) is 23.5 Å². The van der Waals surface area contributed by atoms with E-state index in [-0.39, 0.29) is 15.0 Å². The normalized spacial score (nSPS) is 12.2. The van der Waals surface area contributed by atoms with Gasteiger partial charge in [0.15, 0.2) is 0 Å². The molecule has 0 unspecified atom stereocenters. The van der Waals surface area contributed by atoms with Crippen LogP contribution in [0.2, 0.25) is 0 Å². The third kappa shape index (κ3) is 1.88. The van der Waals surface area contributed by atoms with Crippen LogP contribution in [0, 0.1) is 0 Å². The fourth-order valence-electron chi connectivity index (χ4n) is 1.07. The van der Waals surface area contributed by atoms with E-state index in [4.69, 9.17) is 34.4 Å². The van der Waals surface area contributed by atoms with E-state index in [9.17, 15) is 0 Å². The minimum atomic E-state index is -2.02. The Kier molecular flexibility index (Phi) is 2.60. The Balaban J connectivity index is 2.72. The fraction of sp³-hybridized carbons (Fsp3) is 0. The maximum absolute atomic E-state index is 5.84. The van der Waals surface area contributed by atoms with Crippen LogP contribution in [0.4, 0.5) is 0 Å². The zero-order chi connectivity index (χ0) is 9.47. The van der Waals surface area contributed by atoms with Gasteiger partial charge in [-0.25, -0.2) is 0 Å². The van der Waals surface area contributed by atoms with Crippen LogP contribution in [0.25, 0.3) is 11.0 Å². The zero-order valence-corrected chi connectivity index (χ0v) is 10.3. The number of para-hydroxylation sites is 1. The van der Waals surface area contributed by atoms with E-state index >= 15 is 0 Å². The Hall–Kier alpha value is 0.274. The molecule has 0 aliphatic carbocycles. The molecule has 7 heteroatoms. The van der Waals surface area contributed by atoms with Crippen molar-refractivity contribution in [3.63, 3.8) is 0 Å². The molecule has 0 bridgehead atoms. The van der Waals surface area contributed by atoms with Gasteiger partial charge < -0.3 is 0 Å². The average Bonchev–Trinajstić information content (AvgIpc) is 2.45. The summed E-state index contributed by atoms with van der Waals surface area (Å²) in [5.74, 6) is 0. The van der Waals surface area contributed by atoms with Crippen molar-refractivity contribution in [1.29, 1.82) is 0 Å². The van der Waals surface area contributed by atoms with Gasteiger partial charge in [-0.2, -0.15) is 0 Å². The number of nitrogens with zero attached hydrogens (tertiary/aromatic N) is 2. The molecule has 13 heavy (non-hydrogen) atoms. The molecule has 0 saturated carbocycles. The number of fused-ring (bicyclic) bond motifs is 1. The van der Waals surface area contributed by atoms with E-state index in [1.165, 1.54) is 0 Å². The summed E-state index contributed by atoms with van der Waals surface area (Å²) >= 11 is 17.4. The molecule has 0 fully saturated rings. The average molecular weight is 300 g/mol. The molecular formula is C6H4BCl3N2Se. The molecule has 0 spiro atoms. The number of rotatable bonds is 1. The standard InChI is InChI=1S/C6H4BCl3N2Se/c8-7(9,10)12-6-4-2-1-3-5(6)11-13-12/h1-4H. The van der Waals surface area contributed by atoms with Gasteiger partial charge in [-0.05, 0) is 0 Å². The molecule has 0 radical (unpaired) electrons. The van der Waals surface area contributed by atoms with Crippen molar-refractivity contribution < 1.29 is 3.47 Å². The van der Waals surface area contributed by atoms with Crippen molar-refractivity contribution in [2.45, 2.75) is 0 Å². The number of hydrogen-bond donors (Lipinski definition) is 0. The molecule has 1 aromatic carbocycles. The molecule has 2 aromatic rings. The Morgan fingerprint density at radius 1 is 1.23 bits per heavy atom. The van der Waals surface area contributed by atoms with Gasteiger partial charge in [0, 0.05) is 0 Å². The summed E-state index contributed by atoms with van der Waals surface area (Å²) in [7, 11) is 0. The Morgan fingerprint density at radius 2 is 1.92 bits per heavy atom. The maximum atomic E-state index is 5.84. The Morgan fingerprint density at radius 3 is 2.62 bits per heavy atom. The third-order valence-corrected chi connectivity index (χ3v) is 5.01. The number of benzene rings is 1. The molecule has 0 amide bonds. The molecular weight excluding hydrogens is 296 g/mol. The molecule has 0 aliphatic rings. The molecule has 0 N–H and O–H groups in total. The quantitative estimate of drug-likeness (QED) is 0.731. The van der Waals surface area contributed by atoms with Crippen molar-refractivity contribution in [2.24, 2.45) is 0 Å². The second-order valence-corrected chi connectivity index (χ2v) is 6.64. The van der Waals surface area contributed by atoms with Gasteiger partial charge in [-0.1, -0.05) is 0 Å². The molecule has 2 nitrogen and oxygen atoms in total. The number of aromatic nitrogens is 2. The van der Waals surface area contributed by atoms with E-state index in [1.807, 2.05) is 24.3 Å². The van der Waals surface area contributed by atoms with Gasteiger partial charge in [-0.15, -0.1) is 0 Å². The van der Waals surface area contributed by atoms with Crippen molar-refractivity contribution in [3.8, 4) is 0 Å². The van der Waals surface area contributed by atoms with Crippen LogP contribution < -0.4 is 3.47 Å². The summed E-state index contributed by atoms with van der Waals surface area (Å²) in [6, 6.07) is 7.67. The van der Waals surface area contributed by atoms with Gasteiger partial charge in [-0.3, -0.25) is 0 Å². The molecule has 0 aliphatic heterocycles.